The number of fused-ring (bicyclic) bond motifs is 4. The van der Waals surface area contributed by atoms with Crippen LogP contribution < -0.4 is 27.9 Å². The largest absolute Gasteiger partial charge is 2.00 e. The minimum Gasteiger partial charge on any atom is -0.736 e. The molecule has 0 amide bonds. The Morgan fingerprint density at radius 3 is 0.667 bits per heavy atom. The van der Waals surface area contributed by atoms with Crippen LogP contribution in [-0.2, 0) is 34.8 Å². The van der Waals surface area contributed by atoms with Crippen molar-refractivity contribution in [3.63, 3.8) is 0 Å². The van der Waals surface area contributed by atoms with Crippen LogP contribution in [0.3, 0.4) is 0 Å². The molecule has 4 aromatic carbocycles. The smallest absolute Gasteiger partial charge is 0.736 e. The van der Waals surface area contributed by atoms with Crippen molar-refractivity contribution in [3.05, 3.63) is 115 Å². The van der Waals surface area contributed by atoms with Crippen molar-refractivity contribution in [1.29, 1.82) is 0 Å². The molecule has 0 aromatic heterocycles. The van der Waals surface area contributed by atoms with E-state index >= 15 is 0 Å². The Morgan fingerprint density at radius 2 is 0.524 bits per heavy atom. The van der Waals surface area contributed by atoms with Gasteiger partial charge in [0.2, 0.25) is 0 Å². The number of phosphoric acid groups is 2. The second-order valence-electron chi connectivity index (χ2n) is 19.9. The molecule has 0 fully saturated rings. The van der Waals surface area contributed by atoms with Gasteiger partial charge in [-0.05, 0) is 140 Å². The molecule has 0 atom stereocenters. The number of hydrogen-bond acceptors (Lipinski definition) is 8. The molecule has 0 spiro atoms. The first kappa shape index (κ1) is 53.3. The first-order valence-electron chi connectivity index (χ1n) is 22.9. The number of aryl methyl sites for hydroxylation is 4. The van der Waals surface area contributed by atoms with E-state index in [1.165, 1.54) is 22.3 Å². The van der Waals surface area contributed by atoms with Gasteiger partial charge < -0.3 is 27.9 Å². The van der Waals surface area contributed by atoms with E-state index in [1.54, 1.807) is 0 Å². The Labute approximate surface area is 409 Å². The van der Waals surface area contributed by atoms with Crippen LogP contribution in [-0.4, -0.2) is 37.7 Å². The molecule has 0 N–H and O–H groups in total. The van der Waals surface area contributed by atoms with Crippen LogP contribution in [0.4, 0.5) is 0 Å². The minimum atomic E-state index is -4.61. The molecule has 340 valence electrons. The Kier molecular flexibility index (Phi) is 18.3. The van der Waals surface area contributed by atoms with Crippen molar-refractivity contribution in [2.75, 3.05) is 0 Å². The van der Waals surface area contributed by atoms with E-state index < -0.39 is 15.6 Å². The van der Waals surface area contributed by atoms with Crippen molar-refractivity contribution >= 4 is 53.4 Å². The second kappa shape index (κ2) is 21.6. The molecule has 63 heavy (non-hydrogen) atoms. The summed E-state index contributed by atoms with van der Waals surface area (Å²) in [4.78, 5) is 26.1. The zero-order chi connectivity index (χ0) is 46.2. The first-order valence-corrected chi connectivity index (χ1v) is 25.8. The van der Waals surface area contributed by atoms with E-state index in [9.17, 15) is 18.9 Å². The van der Waals surface area contributed by atoms with E-state index in [-0.39, 0.29) is 61.4 Å². The maximum Gasteiger partial charge on any atom is 2.00 e. The molecule has 11 heteroatoms. The predicted molar refractivity (Wildman–Crippen MR) is 257 cm³/mol. The van der Waals surface area contributed by atoms with Crippen LogP contribution in [0, 0.1) is 0 Å². The van der Waals surface area contributed by atoms with Gasteiger partial charge in [-0.2, -0.15) is 0 Å². The molecular weight excluding hydrogens is 855 g/mol. The Hall–Kier alpha value is -2.28. The van der Waals surface area contributed by atoms with Crippen molar-refractivity contribution in [2.45, 2.75) is 184 Å². The van der Waals surface area contributed by atoms with Crippen LogP contribution in [0.15, 0.2) is 48.5 Å². The van der Waals surface area contributed by atoms with Crippen LogP contribution in [0.2, 0.25) is 0 Å². The van der Waals surface area contributed by atoms with Crippen molar-refractivity contribution in [1.82, 2.24) is 0 Å². The Morgan fingerprint density at radius 1 is 0.349 bits per heavy atom. The van der Waals surface area contributed by atoms with Gasteiger partial charge in [-0.25, -0.2) is 9.13 Å². The van der Waals surface area contributed by atoms with Gasteiger partial charge >= 0.3 is 53.4 Å². The maximum absolute atomic E-state index is 13.1. The normalized spacial score (nSPS) is 15.5. The molecule has 2 aliphatic heterocycles. The summed E-state index contributed by atoms with van der Waals surface area (Å²) in [5.41, 5.74) is 12.2. The Balaban J connectivity index is 0.000000272. The fourth-order valence-electron chi connectivity index (χ4n) is 8.22. The average molecular weight is 927 g/mol. The molecule has 4 aromatic rings. The summed E-state index contributed by atoms with van der Waals surface area (Å²) in [7, 11) is -9.22. The standard InChI is InChI=1S/2C26H37O4P.Ca/c2*1-15(2)21-11-19-9-10-20-12-22(16(3)4)14-24(18(7)8)26(20)30-31(27,28)29-25(19)23(13-21)17(5)6;/h2*11-18H,9-10H2,1-8H3,(H,27,28);/q;;+2/p-2. The van der Waals surface area contributed by atoms with Gasteiger partial charge in [0.1, 0.15) is 23.0 Å². The number of phosphoric ester groups is 2. The van der Waals surface area contributed by atoms with Gasteiger partial charge in [0.05, 0.1) is 0 Å². The zero-order valence-corrected chi connectivity index (χ0v) is 44.9. The molecule has 2 aliphatic rings. The van der Waals surface area contributed by atoms with Crippen molar-refractivity contribution in [2.24, 2.45) is 0 Å². The predicted octanol–water partition coefficient (Wildman–Crippen LogP) is 14.0. The third kappa shape index (κ3) is 13.0. The van der Waals surface area contributed by atoms with Crippen LogP contribution >= 0.6 is 15.6 Å². The molecule has 0 bridgehead atoms. The first-order chi connectivity index (χ1) is 28.8. The minimum absolute atomic E-state index is 0. The maximum atomic E-state index is 13.1. The summed E-state index contributed by atoms with van der Waals surface area (Å²) >= 11 is 0. The summed E-state index contributed by atoms with van der Waals surface area (Å²) in [6.45, 7) is 33.7. The molecule has 0 unspecified atom stereocenters. The third-order valence-electron chi connectivity index (χ3n) is 12.2. The van der Waals surface area contributed by atoms with E-state index in [0.717, 1.165) is 44.5 Å². The van der Waals surface area contributed by atoms with Crippen LogP contribution in [0.1, 0.15) is 225 Å². The van der Waals surface area contributed by atoms with Crippen molar-refractivity contribution in [3.8, 4) is 23.0 Å². The zero-order valence-electron chi connectivity index (χ0n) is 40.9. The summed E-state index contributed by atoms with van der Waals surface area (Å²) < 4.78 is 48.9. The summed E-state index contributed by atoms with van der Waals surface area (Å²) in [6.07, 6.45) is 2.80. The average Bonchev–Trinajstić information content (AvgIpc) is 3.25. The monoisotopic (exact) mass is 926 g/mol. The van der Waals surface area contributed by atoms with E-state index in [1.807, 2.05) is 0 Å². The van der Waals surface area contributed by atoms with Gasteiger partial charge in [0.15, 0.2) is 0 Å². The fourth-order valence-corrected chi connectivity index (χ4v) is 10.1. The van der Waals surface area contributed by atoms with Crippen LogP contribution in [0.25, 0.3) is 0 Å². The number of hydrogen-bond donors (Lipinski definition) is 0. The SMILES string of the molecule is CC(C)c1cc2c(c(C(C)C)c1)OP(=O)([O-])Oc1c(cc(C(C)C)cc1C(C)C)CC2.CC(C)c1cc2c(c(C(C)C)c1)OP(=O)([O-])Oc1c(cc(C(C)C)cc1C(C)C)CC2.[Ca+2]. The quantitative estimate of drug-likeness (QED) is 0.127. The summed E-state index contributed by atoms with van der Waals surface area (Å²) in [6, 6.07) is 16.7. The Bertz CT molecular complexity index is 2030. The van der Waals surface area contributed by atoms with E-state index in [2.05, 4.69) is 159 Å². The van der Waals surface area contributed by atoms with Gasteiger partial charge in [0.25, 0.3) is 0 Å². The third-order valence-corrected chi connectivity index (χ3v) is 13.8. The second-order valence-corrected chi connectivity index (χ2v) is 22.4. The molecule has 0 radical (unpaired) electrons. The van der Waals surface area contributed by atoms with Crippen LogP contribution in [0.5, 0.6) is 23.0 Å². The number of benzene rings is 4. The van der Waals surface area contributed by atoms with E-state index in [0.29, 0.717) is 72.4 Å². The molecule has 6 rings (SSSR count). The molecule has 0 saturated carbocycles. The number of rotatable bonds is 8. The molecule has 8 nitrogen and oxygen atoms in total. The van der Waals surface area contributed by atoms with Gasteiger partial charge in [-0.1, -0.05) is 159 Å². The molecular formula is C52H72CaO8P2. The van der Waals surface area contributed by atoms with Gasteiger partial charge in [-0.15, -0.1) is 0 Å². The van der Waals surface area contributed by atoms with Gasteiger partial charge in [-0.3, -0.25) is 0 Å². The molecule has 0 saturated heterocycles. The van der Waals surface area contributed by atoms with Crippen molar-refractivity contribution < 1.29 is 37.0 Å². The summed E-state index contributed by atoms with van der Waals surface area (Å²) in [5.74, 6) is 3.70. The van der Waals surface area contributed by atoms with E-state index in [4.69, 9.17) is 18.1 Å². The summed E-state index contributed by atoms with van der Waals surface area (Å²) in [5, 5.41) is 0. The van der Waals surface area contributed by atoms with Gasteiger partial charge in [0, 0.05) is 0 Å². The fraction of sp³-hybridized carbons (Fsp3) is 0.538. The topological polar surface area (TPSA) is 117 Å². The molecule has 0 aliphatic carbocycles. The molecule has 2 heterocycles.